The number of benzene rings is 1. The first-order valence-corrected chi connectivity index (χ1v) is 6.03. The molecule has 4 nitrogen and oxygen atoms in total. The van der Waals surface area contributed by atoms with Crippen molar-refractivity contribution in [2.45, 2.75) is 13.3 Å². The molecule has 96 valence electrons. The van der Waals surface area contributed by atoms with Crippen LogP contribution in [0.1, 0.15) is 23.7 Å². The standard InChI is InChI=1S/C14H16O4/c1-2-16-9-6-12(15)11-4-5-13-14(10-11)18-8-3-7-17-13/h4-6,9-10H,2-3,7-8H2,1H3. The third kappa shape index (κ3) is 3.03. The molecule has 1 heterocycles. The van der Waals surface area contributed by atoms with Gasteiger partial charge in [0.1, 0.15) is 0 Å². The fraction of sp³-hybridized carbons (Fsp3) is 0.357. The van der Waals surface area contributed by atoms with Crippen molar-refractivity contribution >= 4 is 5.78 Å². The fourth-order valence-electron chi connectivity index (χ4n) is 1.62. The molecule has 0 amide bonds. The molecule has 1 aromatic carbocycles. The van der Waals surface area contributed by atoms with Crippen molar-refractivity contribution in [3.8, 4) is 11.5 Å². The highest BCUT2D eigenvalue weighted by molar-refractivity contribution is 6.04. The van der Waals surface area contributed by atoms with E-state index in [4.69, 9.17) is 14.2 Å². The molecule has 4 heteroatoms. The van der Waals surface area contributed by atoms with Gasteiger partial charge in [-0.1, -0.05) is 0 Å². The van der Waals surface area contributed by atoms with Crippen molar-refractivity contribution < 1.29 is 19.0 Å². The summed E-state index contributed by atoms with van der Waals surface area (Å²) >= 11 is 0. The van der Waals surface area contributed by atoms with Crippen LogP contribution < -0.4 is 9.47 Å². The molecule has 0 fully saturated rings. The van der Waals surface area contributed by atoms with Gasteiger partial charge in [-0.2, -0.15) is 0 Å². The van der Waals surface area contributed by atoms with Crippen LogP contribution in [0.5, 0.6) is 11.5 Å². The predicted octanol–water partition coefficient (Wildman–Crippen LogP) is 2.58. The number of allylic oxidation sites excluding steroid dienone is 1. The van der Waals surface area contributed by atoms with Crippen LogP contribution >= 0.6 is 0 Å². The Labute approximate surface area is 106 Å². The quantitative estimate of drug-likeness (QED) is 0.466. The average Bonchev–Trinajstić information content (AvgIpc) is 2.63. The summed E-state index contributed by atoms with van der Waals surface area (Å²) in [7, 11) is 0. The average molecular weight is 248 g/mol. The van der Waals surface area contributed by atoms with Crippen LogP contribution in [0.3, 0.4) is 0 Å². The fourth-order valence-corrected chi connectivity index (χ4v) is 1.62. The van der Waals surface area contributed by atoms with Crippen LogP contribution in [0, 0.1) is 0 Å². The van der Waals surface area contributed by atoms with Crippen LogP contribution in [0.4, 0.5) is 0 Å². The van der Waals surface area contributed by atoms with Gasteiger partial charge in [-0.15, -0.1) is 0 Å². The molecule has 0 unspecified atom stereocenters. The van der Waals surface area contributed by atoms with E-state index < -0.39 is 0 Å². The van der Waals surface area contributed by atoms with E-state index in [0.29, 0.717) is 36.9 Å². The van der Waals surface area contributed by atoms with Gasteiger partial charge in [-0.25, -0.2) is 0 Å². The number of carbonyl (C=O) groups is 1. The number of hydrogen-bond donors (Lipinski definition) is 0. The van der Waals surface area contributed by atoms with Crippen molar-refractivity contribution in [2.24, 2.45) is 0 Å². The normalized spacial score (nSPS) is 14.3. The molecule has 0 saturated carbocycles. The summed E-state index contributed by atoms with van der Waals surface area (Å²) < 4.78 is 16.0. The molecule has 0 spiro atoms. The largest absolute Gasteiger partial charge is 0.501 e. The van der Waals surface area contributed by atoms with Crippen molar-refractivity contribution in [3.05, 3.63) is 36.1 Å². The highest BCUT2D eigenvalue weighted by Gasteiger charge is 2.12. The molecular formula is C14H16O4. The van der Waals surface area contributed by atoms with Crippen molar-refractivity contribution in [2.75, 3.05) is 19.8 Å². The molecule has 1 aromatic rings. The Kier molecular flexibility index (Phi) is 4.23. The van der Waals surface area contributed by atoms with E-state index in [1.54, 1.807) is 18.2 Å². The number of ether oxygens (including phenoxy) is 3. The minimum atomic E-state index is -0.112. The molecule has 0 atom stereocenters. The first-order chi connectivity index (χ1) is 8.81. The molecule has 0 aliphatic carbocycles. The van der Waals surface area contributed by atoms with Crippen LogP contribution in [0.2, 0.25) is 0 Å². The Morgan fingerprint density at radius 3 is 2.89 bits per heavy atom. The SMILES string of the molecule is CCOC=CC(=O)c1ccc2c(c1)OCCCO2. The van der Waals surface area contributed by atoms with Crippen molar-refractivity contribution in [3.63, 3.8) is 0 Å². The van der Waals surface area contributed by atoms with Gasteiger partial charge in [0.05, 0.1) is 26.1 Å². The molecule has 0 bridgehead atoms. The second-order valence-corrected chi connectivity index (χ2v) is 3.83. The lowest BCUT2D eigenvalue weighted by Gasteiger charge is -2.07. The smallest absolute Gasteiger partial charge is 0.189 e. The van der Waals surface area contributed by atoms with Gasteiger partial charge >= 0.3 is 0 Å². The zero-order chi connectivity index (χ0) is 12.8. The molecule has 2 rings (SSSR count). The predicted molar refractivity (Wildman–Crippen MR) is 67.1 cm³/mol. The van der Waals surface area contributed by atoms with Crippen LogP contribution in [0.25, 0.3) is 0 Å². The van der Waals surface area contributed by atoms with E-state index in [-0.39, 0.29) is 5.78 Å². The second-order valence-electron chi connectivity index (χ2n) is 3.83. The zero-order valence-electron chi connectivity index (χ0n) is 10.3. The Hall–Kier alpha value is -1.97. The van der Waals surface area contributed by atoms with E-state index >= 15 is 0 Å². The molecular weight excluding hydrogens is 232 g/mol. The summed E-state index contributed by atoms with van der Waals surface area (Å²) in [5.74, 6) is 1.21. The lowest BCUT2D eigenvalue weighted by Crippen LogP contribution is -1.98. The molecule has 0 saturated heterocycles. The Balaban J connectivity index is 2.14. The van der Waals surface area contributed by atoms with Gasteiger partial charge in [-0.05, 0) is 25.1 Å². The van der Waals surface area contributed by atoms with Crippen LogP contribution in [-0.2, 0) is 4.74 Å². The van der Waals surface area contributed by atoms with Gasteiger partial charge in [0.15, 0.2) is 17.3 Å². The number of ketones is 1. The van der Waals surface area contributed by atoms with E-state index in [1.165, 1.54) is 12.3 Å². The lowest BCUT2D eigenvalue weighted by molar-refractivity contribution is 0.104. The zero-order valence-corrected chi connectivity index (χ0v) is 10.3. The maximum atomic E-state index is 11.8. The highest BCUT2D eigenvalue weighted by atomic mass is 16.5. The van der Waals surface area contributed by atoms with E-state index in [0.717, 1.165) is 6.42 Å². The van der Waals surface area contributed by atoms with Crippen LogP contribution in [0.15, 0.2) is 30.5 Å². The summed E-state index contributed by atoms with van der Waals surface area (Å²) in [6, 6.07) is 5.20. The topological polar surface area (TPSA) is 44.8 Å². The van der Waals surface area contributed by atoms with Gasteiger partial charge in [0.2, 0.25) is 0 Å². The van der Waals surface area contributed by atoms with Gasteiger partial charge in [0.25, 0.3) is 0 Å². The number of rotatable bonds is 4. The molecule has 1 aliphatic heterocycles. The summed E-state index contributed by atoms with van der Waals surface area (Å²) in [6.45, 7) is 3.66. The molecule has 1 aliphatic rings. The van der Waals surface area contributed by atoms with Gasteiger partial charge in [-0.3, -0.25) is 4.79 Å². The monoisotopic (exact) mass is 248 g/mol. The Morgan fingerprint density at radius 1 is 1.33 bits per heavy atom. The van der Waals surface area contributed by atoms with E-state index in [2.05, 4.69) is 0 Å². The maximum Gasteiger partial charge on any atom is 0.189 e. The summed E-state index contributed by atoms with van der Waals surface area (Å²) in [6.07, 6.45) is 3.66. The van der Waals surface area contributed by atoms with Crippen molar-refractivity contribution in [1.29, 1.82) is 0 Å². The first kappa shape index (κ1) is 12.5. The Morgan fingerprint density at radius 2 is 2.11 bits per heavy atom. The molecule has 18 heavy (non-hydrogen) atoms. The van der Waals surface area contributed by atoms with Crippen molar-refractivity contribution in [1.82, 2.24) is 0 Å². The summed E-state index contributed by atoms with van der Waals surface area (Å²) in [5, 5.41) is 0. The number of hydrogen-bond acceptors (Lipinski definition) is 4. The minimum Gasteiger partial charge on any atom is -0.501 e. The Bertz CT molecular complexity index is 451. The van der Waals surface area contributed by atoms with Crippen LogP contribution in [-0.4, -0.2) is 25.6 Å². The second kappa shape index (κ2) is 6.10. The number of carbonyl (C=O) groups excluding carboxylic acids is 1. The third-order valence-electron chi connectivity index (χ3n) is 2.51. The van der Waals surface area contributed by atoms with Gasteiger partial charge in [0, 0.05) is 18.1 Å². The highest BCUT2D eigenvalue weighted by Crippen LogP contribution is 2.30. The molecule has 0 radical (unpaired) electrons. The third-order valence-corrected chi connectivity index (χ3v) is 2.51. The van der Waals surface area contributed by atoms with E-state index in [1.807, 2.05) is 6.92 Å². The minimum absolute atomic E-state index is 0.112. The van der Waals surface area contributed by atoms with Gasteiger partial charge < -0.3 is 14.2 Å². The molecule has 0 aromatic heterocycles. The maximum absolute atomic E-state index is 11.8. The van der Waals surface area contributed by atoms with E-state index in [9.17, 15) is 4.79 Å². The molecule has 0 N–H and O–H groups in total. The summed E-state index contributed by atoms with van der Waals surface area (Å²) in [4.78, 5) is 11.8. The summed E-state index contributed by atoms with van der Waals surface area (Å²) in [5.41, 5.74) is 0.565. The lowest BCUT2D eigenvalue weighted by atomic mass is 10.1. The number of fused-ring (bicyclic) bond motifs is 1. The first-order valence-electron chi connectivity index (χ1n) is 6.03.